The molecule has 23 heavy (non-hydrogen) atoms. The van der Waals surface area contributed by atoms with Crippen molar-refractivity contribution in [3.63, 3.8) is 0 Å². The molecule has 2 aromatic rings. The quantitative estimate of drug-likeness (QED) is 0.704. The molecule has 2 rings (SSSR count). The van der Waals surface area contributed by atoms with Crippen LogP contribution in [0.15, 0.2) is 28.7 Å². The molecule has 124 valence electrons. The molecule has 0 aliphatic carbocycles. The lowest BCUT2D eigenvalue weighted by Crippen LogP contribution is -2.36. The van der Waals surface area contributed by atoms with Gasteiger partial charge in [0.15, 0.2) is 4.77 Å². The first kappa shape index (κ1) is 17.9. The van der Waals surface area contributed by atoms with E-state index >= 15 is 0 Å². The molecule has 0 spiro atoms. The van der Waals surface area contributed by atoms with Gasteiger partial charge in [-0.25, -0.2) is 0 Å². The molecule has 7 heteroatoms. The summed E-state index contributed by atoms with van der Waals surface area (Å²) < 4.78 is 3.31. The number of nitrogens with zero attached hydrogens (tertiary/aromatic N) is 2. The number of hydrogen-bond donors (Lipinski definition) is 2. The van der Waals surface area contributed by atoms with Gasteiger partial charge in [0.1, 0.15) is 12.4 Å². The Balaban J connectivity index is 1.92. The van der Waals surface area contributed by atoms with Crippen LogP contribution in [0.4, 0.5) is 0 Å². The van der Waals surface area contributed by atoms with Crippen LogP contribution in [0.1, 0.15) is 31.7 Å². The van der Waals surface area contributed by atoms with Crippen molar-refractivity contribution in [3.05, 3.63) is 44.9 Å². The molecule has 1 aromatic carbocycles. The molecule has 1 heterocycles. The summed E-state index contributed by atoms with van der Waals surface area (Å²) >= 11 is 8.62. The van der Waals surface area contributed by atoms with Crippen LogP contribution in [-0.2, 0) is 24.2 Å². The average molecular weight is 397 g/mol. The minimum absolute atomic E-state index is 0.0514. The van der Waals surface area contributed by atoms with Crippen molar-refractivity contribution in [1.82, 2.24) is 20.1 Å². The number of aryl methyl sites for hydroxylation is 1. The van der Waals surface area contributed by atoms with Crippen molar-refractivity contribution >= 4 is 34.1 Å². The van der Waals surface area contributed by atoms with Crippen LogP contribution in [0, 0.1) is 4.77 Å². The lowest BCUT2D eigenvalue weighted by atomic mass is 10.1. The summed E-state index contributed by atoms with van der Waals surface area (Å²) in [5.41, 5.74) is 1.19. The molecule has 0 aliphatic heterocycles. The molecule has 0 saturated carbocycles. The van der Waals surface area contributed by atoms with Gasteiger partial charge in [-0.2, -0.15) is 5.10 Å². The van der Waals surface area contributed by atoms with E-state index in [0.717, 1.165) is 29.6 Å². The Bertz CT molecular complexity index is 708. The number of hydrogen-bond acceptors (Lipinski definition) is 3. The number of aromatic amines is 1. The van der Waals surface area contributed by atoms with Crippen molar-refractivity contribution in [2.75, 3.05) is 0 Å². The third-order valence-corrected chi connectivity index (χ3v) is 4.32. The molecular weight excluding hydrogens is 376 g/mol. The van der Waals surface area contributed by atoms with Gasteiger partial charge in [-0.15, -0.1) is 0 Å². The van der Waals surface area contributed by atoms with Crippen LogP contribution in [0.2, 0.25) is 0 Å². The van der Waals surface area contributed by atoms with Gasteiger partial charge in [0.05, 0.1) is 0 Å². The van der Waals surface area contributed by atoms with Gasteiger partial charge in [-0.3, -0.25) is 14.5 Å². The number of benzene rings is 1. The topological polar surface area (TPSA) is 62.7 Å². The van der Waals surface area contributed by atoms with E-state index < -0.39 is 0 Å². The van der Waals surface area contributed by atoms with E-state index in [1.54, 1.807) is 4.57 Å². The number of H-pyrrole nitrogens is 1. The van der Waals surface area contributed by atoms with Crippen molar-refractivity contribution in [2.45, 2.75) is 45.7 Å². The summed E-state index contributed by atoms with van der Waals surface area (Å²) in [7, 11) is 0. The highest BCUT2D eigenvalue weighted by molar-refractivity contribution is 9.10. The van der Waals surface area contributed by atoms with Crippen LogP contribution in [0.25, 0.3) is 0 Å². The van der Waals surface area contributed by atoms with E-state index in [4.69, 9.17) is 12.2 Å². The molecule has 1 unspecified atom stereocenters. The molecule has 0 saturated heterocycles. The smallest absolute Gasteiger partial charge is 0.240 e. The van der Waals surface area contributed by atoms with Crippen LogP contribution in [-0.4, -0.2) is 26.7 Å². The van der Waals surface area contributed by atoms with Crippen molar-refractivity contribution in [2.24, 2.45) is 0 Å². The third-order valence-electron chi connectivity index (χ3n) is 3.48. The highest BCUT2D eigenvalue weighted by Crippen LogP contribution is 2.12. The lowest BCUT2D eigenvalue weighted by Gasteiger charge is -2.15. The van der Waals surface area contributed by atoms with Gasteiger partial charge in [0, 0.05) is 16.9 Å². The van der Waals surface area contributed by atoms with E-state index in [1.807, 2.05) is 19.1 Å². The molecular formula is C16H21BrN4OS. The number of aromatic nitrogens is 3. The number of amides is 1. The Hall–Kier alpha value is -1.47. The number of rotatable bonds is 7. The Labute approximate surface area is 149 Å². The first-order valence-corrected chi connectivity index (χ1v) is 8.87. The monoisotopic (exact) mass is 396 g/mol. The molecule has 1 aromatic heterocycles. The minimum Gasteiger partial charge on any atom is -0.352 e. The fourth-order valence-corrected chi connectivity index (χ4v) is 2.90. The zero-order valence-corrected chi connectivity index (χ0v) is 15.7. The normalized spacial score (nSPS) is 12.1. The SMILES string of the molecule is CCCc1n[nH]c(=S)n1CC(=O)NC(C)Cc1ccc(Br)cc1. The first-order valence-electron chi connectivity index (χ1n) is 7.67. The van der Waals surface area contributed by atoms with Crippen molar-refractivity contribution in [3.8, 4) is 0 Å². The maximum Gasteiger partial charge on any atom is 0.240 e. The van der Waals surface area contributed by atoms with Crippen molar-refractivity contribution < 1.29 is 4.79 Å². The molecule has 2 N–H and O–H groups in total. The second-order valence-corrected chi connectivity index (χ2v) is 6.88. The summed E-state index contributed by atoms with van der Waals surface area (Å²) in [5.74, 6) is 0.776. The predicted molar refractivity (Wildman–Crippen MR) is 96.9 cm³/mol. The molecule has 1 atom stereocenters. The highest BCUT2D eigenvalue weighted by Gasteiger charge is 2.12. The van der Waals surface area contributed by atoms with E-state index in [1.165, 1.54) is 5.56 Å². The number of halogens is 1. The summed E-state index contributed by atoms with van der Waals surface area (Å²) in [6.07, 6.45) is 2.55. The predicted octanol–water partition coefficient (Wildman–Crippen LogP) is 3.40. The van der Waals surface area contributed by atoms with E-state index in [0.29, 0.717) is 4.77 Å². The zero-order valence-electron chi connectivity index (χ0n) is 13.3. The highest BCUT2D eigenvalue weighted by atomic mass is 79.9. The van der Waals surface area contributed by atoms with Gasteiger partial charge < -0.3 is 5.32 Å². The Morgan fingerprint density at radius 1 is 1.43 bits per heavy atom. The van der Waals surface area contributed by atoms with Crippen LogP contribution in [0.5, 0.6) is 0 Å². The zero-order chi connectivity index (χ0) is 16.8. The maximum atomic E-state index is 12.2. The van der Waals surface area contributed by atoms with Crippen LogP contribution >= 0.6 is 28.1 Å². The Morgan fingerprint density at radius 3 is 2.78 bits per heavy atom. The summed E-state index contributed by atoms with van der Waals surface area (Å²) in [6.45, 7) is 4.28. The van der Waals surface area contributed by atoms with E-state index in [9.17, 15) is 4.79 Å². The minimum atomic E-state index is -0.0514. The standard InChI is InChI=1S/C16H21BrN4OS/c1-3-4-14-19-20-16(23)21(14)10-15(22)18-11(2)9-12-5-7-13(17)8-6-12/h5-8,11H,3-4,9-10H2,1-2H3,(H,18,22)(H,20,23). The average Bonchev–Trinajstić information content (AvgIpc) is 2.83. The Kier molecular flexibility index (Phi) is 6.53. The number of carbonyl (C=O) groups excluding carboxylic acids is 1. The van der Waals surface area contributed by atoms with Crippen LogP contribution in [0.3, 0.4) is 0 Å². The second kappa shape index (κ2) is 8.40. The number of carbonyl (C=O) groups is 1. The summed E-state index contributed by atoms with van der Waals surface area (Å²) in [4.78, 5) is 12.2. The number of nitrogens with one attached hydrogen (secondary N) is 2. The fourth-order valence-electron chi connectivity index (χ4n) is 2.42. The van der Waals surface area contributed by atoms with Gasteiger partial charge in [-0.05, 0) is 49.7 Å². The van der Waals surface area contributed by atoms with Gasteiger partial charge >= 0.3 is 0 Å². The van der Waals surface area contributed by atoms with Crippen molar-refractivity contribution in [1.29, 1.82) is 0 Å². The molecule has 0 aliphatic rings. The van der Waals surface area contributed by atoms with Gasteiger partial charge in [0.2, 0.25) is 5.91 Å². The summed E-state index contributed by atoms with van der Waals surface area (Å²) in [5, 5.41) is 9.95. The Morgan fingerprint density at radius 2 is 2.13 bits per heavy atom. The molecule has 0 radical (unpaired) electrons. The molecule has 0 fully saturated rings. The van der Waals surface area contributed by atoms with Crippen LogP contribution < -0.4 is 5.32 Å². The first-order chi connectivity index (χ1) is 11.0. The van der Waals surface area contributed by atoms with E-state index in [2.05, 4.69) is 50.5 Å². The molecule has 5 nitrogen and oxygen atoms in total. The fraction of sp³-hybridized carbons (Fsp3) is 0.438. The maximum absolute atomic E-state index is 12.2. The lowest BCUT2D eigenvalue weighted by molar-refractivity contribution is -0.122. The largest absolute Gasteiger partial charge is 0.352 e. The van der Waals surface area contributed by atoms with Gasteiger partial charge in [-0.1, -0.05) is 35.0 Å². The second-order valence-electron chi connectivity index (χ2n) is 5.58. The van der Waals surface area contributed by atoms with Gasteiger partial charge in [0.25, 0.3) is 0 Å². The van der Waals surface area contributed by atoms with E-state index in [-0.39, 0.29) is 18.5 Å². The third kappa shape index (κ3) is 5.28. The summed E-state index contributed by atoms with van der Waals surface area (Å²) in [6, 6.07) is 8.17. The molecule has 0 bridgehead atoms. The molecule has 1 amide bonds.